The molecule has 0 aliphatic heterocycles. The number of quaternary nitrogens is 1. The third-order valence-electron chi connectivity index (χ3n) is 5.92. The van der Waals surface area contributed by atoms with Crippen LogP contribution in [-0.2, 0) is 11.2 Å². The van der Waals surface area contributed by atoms with Gasteiger partial charge < -0.3 is 10.6 Å². The molecule has 0 radical (unpaired) electrons. The van der Waals surface area contributed by atoms with E-state index in [2.05, 4.69) is 27.9 Å². The molecule has 0 spiro atoms. The van der Waals surface area contributed by atoms with E-state index < -0.39 is 0 Å². The lowest BCUT2D eigenvalue weighted by atomic mass is 10.0. The van der Waals surface area contributed by atoms with Crippen molar-refractivity contribution in [3.8, 4) is 0 Å². The normalized spacial score (nSPS) is 14.7. The summed E-state index contributed by atoms with van der Waals surface area (Å²) in [5, 5.41) is 11.4. The zero-order chi connectivity index (χ0) is 23.6. The fourth-order valence-corrected chi connectivity index (χ4v) is 3.54. The first-order valence-electron chi connectivity index (χ1n) is 11.7. The minimum atomic E-state index is -0.287. The van der Waals surface area contributed by atoms with Crippen LogP contribution in [0.1, 0.15) is 55.5 Å². The molecule has 174 valence electrons. The predicted octanol–water partition coefficient (Wildman–Crippen LogP) is 3.81. The Morgan fingerprint density at radius 3 is 2.42 bits per heavy atom. The van der Waals surface area contributed by atoms with E-state index in [4.69, 9.17) is 5.53 Å². The summed E-state index contributed by atoms with van der Waals surface area (Å²) in [5.74, 6) is -0.310. The standard InChI is InChI=1S/C26H33N5O2/c1-3-18(2)23(24(31-27)26(33)30-22-15-16-22)29-21-13-11-20(12-14-21)25(32)28-17-7-10-19-8-5-4-6-9-19/h4-6,8-9,11-14,18,22,27,29H,3,7,10,15-17H2,1-2H3,(H,28,32)(H,30,33)/p+1. The summed E-state index contributed by atoms with van der Waals surface area (Å²) < 4.78 is 0. The van der Waals surface area contributed by atoms with Crippen molar-refractivity contribution in [3.05, 3.63) is 77.1 Å². The first-order chi connectivity index (χ1) is 16.0. The van der Waals surface area contributed by atoms with Crippen LogP contribution in [0.15, 0.2) is 71.1 Å². The number of allylic oxidation sites excluding steroid dienone is 1. The number of carbonyl (C=O) groups is 2. The number of rotatable bonds is 12. The van der Waals surface area contributed by atoms with Gasteiger partial charge in [-0.25, -0.2) is 5.53 Å². The molecule has 1 fully saturated rings. The minimum absolute atomic E-state index is 0.0756. The Kier molecular flexibility index (Phi) is 8.89. The van der Waals surface area contributed by atoms with Gasteiger partial charge in [0, 0.05) is 36.2 Å². The predicted molar refractivity (Wildman–Crippen MR) is 128 cm³/mol. The van der Waals surface area contributed by atoms with Gasteiger partial charge in [0.05, 0.1) is 0 Å². The molecule has 1 aliphatic rings. The van der Waals surface area contributed by atoms with Gasteiger partial charge in [0.15, 0.2) is 0 Å². The maximum absolute atomic E-state index is 12.6. The Hall–Kier alpha value is -3.32. The Labute approximate surface area is 195 Å². The number of nitrogens with two attached hydrogens (primary N) is 1. The zero-order valence-electron chi connectivity index (χ0n) is 19.4. The molecule has 0 bridgehead atoms. The molecular formula is C26H34N5O2+. The van der Waals surface area contributed by atoms with E-state index >= 15 is 0 Å². The van der Waals surface area contributed by atoms with E-state index in [1.165, 1.54) is 5.56 Å². The van der Waals surface area contributed by atoms with Crippen molar-refractivity contribution < 1.29 is 14.9 Å². The summed E-state index contributed by atoms with van der Waals surface area (Å²) in [5.41, 5.74) is 11.2. The second kappa shape index (κ2) is 12.1. The van der Waals surface area contributed by atoms with Gasteiger partial charge in [0.2, 0.25) is 5.70 Å². The van der Waals surface area contributed by atoms with Crippen LogP contribution in [-0.4, -0.2) is 24.4 Å². The van der Waals surface area contributed by atoms with Crippen molar-refractivity contribution in [1.29, 1.82) is 5.53 Å². The van der Waals surface area contributed by atoms with Crippen LogP contribution in [0.4, 0.5) is 5.69 Å². The number of hydrogen-bond donors (Lipinski definition) is 4. The molecule has 2 amide bonds. The highest BCUT2D eigenvalue weighted by molar-refractivity contribution is 5.94. The van der Waals surface area contributed by atoms with E-state index in [1.54, 1.807) is 12.1 Å². The molecule has 33 heavy (non-hydrogen) atoms. The number of carbonyl (C=O) groups excluding carboxylic acids is 2. The van der Waals surface area contributed by atoms with E-state index in [1.807, 2.05) is 49.5 Å². The Morgan fingerprint density at radius 1 is 1.12 bits per heavy atom. The average Bonchev–Trinajstić information content (AvgIpc) is 3.66. The monoisotopic (exact) mass is 448 g/mol. The summed E-state index contributed by atoms with van der Waals surface area (Å²) in [6, 6.07) is 17.7. The lowest BCUT2D eigenvalue weighted by Gasteiger charge is -2.14. The van der Waals surface area contributed by atoms with Gasteiger partial charge in [0.25, 0.3) is 11.8 Å². The van der Waals surface area contributed by atoms with Crippen LogP contribution in [0.5, 0.6) is 0 Å². The van der Waals surface area contributed by atoms with E-state index in [-0.39, 0.29) is 29.5 Å². The summed E-state index contributed by atoms with van der Waals surface area (Å²) in [6.07, 6.45) is 4.60. The molecule has 1 atom stereocenters. The fraction of sp³-hybridized carbons (Fsp3) is 0.385. The van der Waals surface area contributed by atoms with Crippen molar-refractivity contribution >= 4 is 17.5 Å². The molecule has 1 unspecified atom stereocenters. The van der Waals surface area contributed by atoms with Crippen molar-refractivity contribution in [3.63, 3.8) is 0 Å². The highest BCUT2D eigenvalue weighted by Crippen LogP contribution is 2.21. The zero-order valence-corrected chi connectivity index (χ0v) is 19.4. The van der Waals surface area contributed by atoms with Crippen LogP contribution in [0, 0.1) is 11.4 Å². The number of benzene rings is 2. The second-order valence-electron chi connectivity index (χ2n) is 8.58. The summed E-state index contributed by atoms with van der Waals surface area (Å²) in [6.45, 7) is 4.69. The van der Waals surface area contributed by atoms with Gasteiger partial charge in [-0.2, -0.15) is 0 Å². The fourth-order valence-electron chi connectivity index (χ4n) is 3.54. The molecule has 7 heteroatoms. The van der Waals surface area contributed by atoms with Crippen LogP contribution in [0.2, 0.25) is 0 Å². The first-order valence-corrected chi connectivity index (χ1v) is 11.7. The number of aryl methyl sites for hydroxylation is 1. The van der Waals surface area contributed by atoms with Crippen molar-refractivity contribution in [2.24, 2.45) is 11.0 Å². The molecular weight excluding hydrogens is 414 g/mol. The SMILES string of the molecule is CCC(C)C([NH2+]c1ccc(C(=O)NCCCc2ccccc2)cc1)=C(N=N)C(=O)NC1CC1. The number of nitrogens with zero attached hydrogens (tertiary/aromatic N) is 1. The summed E-state index contributed by atoms with van der Waals surface area (Å²) in [4.78, 5) is 25.1. The number of nitrogens with one attached hydrogen (secondary N) is 3. The van der Waals surface area contributed by atoms with Gasteiger partial charge in [0.1, 0.15) is 11.4 Å². The van der Waals surface area contributed by atoms with Crippen LogP contribution >= 0.6 is 0 Å². The van der Waals surface area contributed by atoms with Gasteiger partial charge in [-0.15, -0.1) is 5.11 Å². The minimum Gasteiger partial charge on any atom is -0.352 e. The third kappa shape index (κ3) is 7.36. The number of hydrogen-bond acceptors (Lipinski definition) is 4. The molecule has 7 nitrogen and oxygen atoms in total. The molecule has 1 saturated carbocycles. The van der Waals surface area contributed by atoms with Crippen molar-refractivity contribution in [2.75, 3.05) is 6.54 Å². The molecule has 2 aromatic rings. The van der Waals surface area contributed by atoms with Crippen molar-refractivity contribution in [1.82, 2.24) is 10.6 Å². The molecule has 3 rings (SSSR count). The highest BCUT2D eigenvalue weighted by Gasteiger charge is 2.29. The highest BCUT2D eigenvalue weighted by atomic mass is 16.2. The van der Waals surface area contributed by atoms with Crippen LogP contribution < -0.4 is 16.0 Å². The molecule has 2 aromatic carbocycles. The van der Waals surface area contributed by atoms with Gasteiger partial charge in [-0.1, -0.05) is 44.2 Å². The number of amides is 2. The van der Waals surface area contributed by atoms with Gasteiger partial charge in [-0.3, -0.25) is 14.9 Å². The quantitative estimate of drug-likeness (QED) is 0.171. The molecule has 0 saturated heterocycles. The van der Waals surface area contributed by atoms with Crippen LogP contribution in [0.25, 0.3) is 0 Å². The van der Waals surface area contributed by atoms with Gasteiger partial charge >= 0.3 is 0 Å². The van der Waals surface area contributed by atoms with E-state index in [9.17, 15) is 9.59 Å². The van der Waals surface area contributed by atoms with Gasteiger partial charge in [-0.05, 0) is 49.8 Å². The summed E-state index contributed by atoms with van der Waals surface area (Å²) in [7, 11) is 0. The summed E-state index contributed by atoms with van der Waals surface area (Å²) >= 11 is 0. The largest absolute Gasteiger partial charge is 0.352 e. The molecule has 5 N–H and O–H groups in total. The van der Waals surface area contributed by atoms with E-state index in [0.29, 0.717) is 12.1 Å². The topological polar surface area (TPSA) is 111 Å². The Morgan fingerprint density at radius 2 is 1.82 bits per heavy atom. The average molecular weight is 449 g/mol. The smallest absolute Gasteiger partial charge is 0.277 e. The van der Waals surface area contributed by atoms with Crippen LogP contribution in [0.3, 0.4) is 0 Å². The molecule has 1 aliphatic carbocycles. The maximum Gasteiger partial charge on any atom is 0.277 e. The third-order valence-corrected chi connectivity index (χ3v) is 5.92. The van der Waals surface area contributed by atoms with Crippen molar-refractivity contribution in [2.45, 2.75) is 52.0 Å². The molecule has 0 aromatic heterocycles. The molecule has 0 heterocycles. The lowest BCUT2D eigenvalue weighted by Crippen LogP contribution is -2.77. The first kappa shape index (κ1) is 24.3. The van der Waals surface area contributed by atoms with E-state index in [0.717, 1.165) is 43.5 Å². The Bertz CT molecular complexity index is 982. The lowest BCUT2D eigenvalue weighted by molar-refractivity contribution is -0.526. The second-order valence-corrected chi connectivity index (χ2v) is 8.58. The Balaban J connectivity index is 1.59. The maximum atomic E-state index is 12.6.